The van der Waals surface area contributed by atoms with Gasteiger partial charge in [-0.25, -0.2) is 14.4 Å². The van der Waals surface area contributed by atoms with Crippen LogP contribution in [0.15, 0.2) is 73.2 Å². The lowest BCUT2D eigenvalue weighted by atomic mass is 9.97. The molecule has 0 aliphatic rings. The van der Waals surface area contributed by atoms with Gasteiger partial charge in [-0.2, -0.15) is 13.9 Å². The van der Waals surface area contributed by atoms with Crippen molar-refractivity contribution in [2.45, 2.75) is 24.6 Å². The summed E-state index contributed by atoms with van der Waals surface area (Å²) in [6.45, 7) is -0.204. The van der Waals surface area contributed by atoms with Crippen LogP contribution in [0.3, 0.4) is 0 Å². The van der Waals surface area contributed by atoms with Crippen molar-refractivity contribution < 1.29 is 32.9 Å². The number of nitrogens with zero attached hydrogens (tertiary/aromatic N) is 3. The van der Waals surface area contributed by atoms with Gasteiger partial charge in [0.15, 0.2) is 0 Å². The molecule has 9 nitrogen and oxygen atoms in total. The lowest BCUT2D eigenvalue weighted by Gasteiger charge is -2.29. The van der Waals surface area contributed by atoms with E-state index in [1.54, 1.807) is 48.7 Å². The number of aliphatic hydroxyl groups is 1. The van der Waals surface area contributed by atoms with Gasteiger partial charge in [-0.1, -0.05) is 30.3 Å². The lowest BCUT2D eigenvalue weighted by molar-refractivity contribution is -0.219. The SMILES string of the molecule is NC(=O)c1cccc2cn(-c3ccc(CNC(C(O)c4cccnc4)C(F)(F)C(=O)OF)cc3)nc12. The molecular weight excluding hydrogens is 479 g/mol. The number of alkyl halides is 2. The molecule has 0 aliphatic carbocycles. The van der Waals surface area contributed by atoms with E-state index in [1.165, 1.54) is 23.0 Å². The Labute approximate surface area is 202 Å². The Morgan fingerprint density at radius 3 is 2.53 bits per heavy atom. The number of benzene rings is 2. The summed E-state index contributed by atoms with van der Waals surface area (Å²) in [5.74, 6) is -7.43. The van der Waals surface area contributed by atoms with Crippen LogP contribution in [-0.2, 0) is 16.3 Å². The van der Waals surface area contributed by atoms with Gasteiger partial charge in [0, 0.05) is 40.6 Å². The normalized spacial score (nSPS) is 13.3. The monoisotopic (exact) mass is 499 g/mol. The van der Waals surface area contributed by atoms with E-state index >= 15 is 0 Å². The number of aromatic nitrogens is 3. The zero-order valence-electron chi connectivity index (χ0n) is 18.5. The van der Waals surface area contributed by atoms with Crippen molar-refractivity contribution in [2.75, 3.05) is 0 Å². The van der Waals surface area contributed by atoms with Gasteiger partial charge in [0.2, 0.25) is 0 Å². The number of hydrogen-bond donors (Lipinski definition) is 3. The van der Waals surface area contributed by atoms with Crippen molar-refractivity contribution >= 4 is 22.8 Å². The molecule has 2 aromatic carbocycles. The molecule has 1 amide bonds. The highest BCUT2D eigenvalue weighted by molar-refractivity contribution is 6.04. The second kappa shape index (κ2) is 10.1. The topological polar surface area (TPSA) is 132 Å². The first-order valence-electron chi connectivity index (χ1n) is 10.6. The standard InChI is InChI=1S/C24H20F3N5O4/c25-24(26,23(35)36-27)21(20(33)15-4-2-10-29-12-15)30-11-14-6-8-17(9-7-14)32-13-16-3-1-5-18(22(28)34)19(16)31-32/h1-10,12-13,20-21,30,33H,11H2,(H2,28,34). The number of amides is 1. The Hall–Kier alpha value is -4.29. The molecule has 0 bridgehead atoms. The van der Waals surface area contributed by atoms with Crippen molar-refractivity contribution in [1.82, 2.24) is 20.1 Å². The maximum atomic E-state index is 14.6. The summed E-state index contributed by atoms with van der Waals surface area (Å²) in [4.78, 5) is 29.6. The lowest BCUT2D eigenvalue weighted by Crippen LogP contribution is -2.53. The predicted octanol–water partition coefficient (Wildman–Crippen LogP) is 2.77. The zero-order valence-corrected chi connectivity index (χ0v) is 18.5. The van der Waals surface area contributed by atoms with E-state index in [9.17, 15) is 28.0 Å². The summed E-state index contributed by atoms with van der Waals surface area (Å²) in [5.41, 5.74) is 7.24. The fourth-order valence-electron chi connectivity index (χ4n) is 3.73. The number of rotatable bonds is 9. The molecule has 4 N–H and O–H groups in total. The van der Waals surface area contributed by atoms with E-state index in [4.69, 9.17) is 5.73 Å². The molecule has 36 heavy (non-hydrogen) atoms. The first-order valence-corrected chi connectivity index (χ1v) is 10.6. The Bertz CT molecular complexity index is 1380. The van der Waals surface area contributed by atoms with E-state index < -0.39 is 29.9 Å². The number of fused-ring (bicyclic) bond motifs is 1. The molecule has 186 valence electrons. The van der Waals surface area contributed by atoms with Crippen molar-refractivity contribution in [3.05, 3.63) is 89.9 Å². The minimum Gasteiger partial charge on any atom is -0.386 e. The molecule has 2 atom stereocenters. The van der Waals surface area contributed by atoms with Crippen LogP contribution in [-0.4, -0.2) is 43.7 Å². The van der Waals surface area contributed by atoms with E-state index in [-0.39, 0.29) is 17.7 Å². The molecule has 12 heteroatoms. The number of pyridine rings is 1. The fraction of sp³-hybridized carbons (Fsp3) is 0.167. The number of nitrogens with two attached hydrogens (primary N) is 1. The summed E-state index contributed by atoms with van der Waals surface area (Å²) in [6.07, 6.45) is 2.34. The molecule has 2 aromatic heterocycles. The van der Waals surface area contributed by atoms with Crippen LogP contribution in [0.25, 0.3) is 16.6 Å². The van der Waals surface area contributed by atoms with E-state index in [0.29, 0.717) is 22.2 Å². The molecule has 0 aliphatic heterocycles. The summed E-state index contributed by atoms with van der Waals surface area (Å²) in [5, 5.41) is 18.0. The van der Waals surface area contributed by atoms with Gasteiger partial charge in [-0.15, -0.1) is 0 Å². The third-order valence-corrected chi connectivity index (χ3v) is 5.60. The molecule has 4 rings (SSSR count). The van der Waals surface area contributed by atoms with Crippen molar-refractivity contribution in [3.8, 4) is 5.69 Å². The summed E-state index contributed by atoms with van der Waals surface area (Å²) >= 11 is 0. The van der Waals surface area contributed by atoms with Gasteiger partial charge in [0.1, 0.15) is 17.7 Å². The average Bonchev–Trinajstić information content (AvgIpc) is 3.33. The van der Waals surface area contributed by atoms with Crippen molar-refractivity contribution in [3.63, 3.8) is 0 Å². The Morgan fingerprint density at radius 2 is 1.89 bits per heavy atom. The zero-order chi connectivity index (χ0) is 25.9. The molecule has 2 unspecified atom stereocenters. The van der Waals surface area contributed by atoms with Crippen LogP contribution >= 0.6 is 0 Å². The molecule has 0 saturated heterocycles. The third-order valence-electron chi connectivity index (χ3n) is 5.60. The fourth-order valence-corrected chi connectivity index (χ4v) is 3.73. The Balaban J connectivity index is 1.55. The number of hydrogen-bond acceptors (Lipinski definition) is 7. The van der Waals surface area contributed by atoms with Gasteiger partial charge in [0.05, 0.1) is 11.3 Å². The summed E-state index contributed by atoms with van der Waals surface area (Å²) in [6, 6.07) is 12.1. The highest BCUT2D eigenvalue weighted by Gasteiger charge is 2.53. The number of carbonyl (C=O) groups is 2. The number of halogens is 3. The van der Waals surface area contributed by atoms with Crippen molar-refractivity contribution in [2.24, 2.45) is 5.73 Å². The Kier molecular flexibility index (Phi) is 6.99. The molecule has 4 aromatic rings. The van der Waals surface area contributed by atoms with Gasteiger partial charge >= 0.3 is 11.9 Å². The largest absolute Gasteiger partial charge is 0.419 e. The minimum absolute atomic E-state index is 0.00207. The van der Waals surface area contributed by atoms with Gasteiger partial charge in [-0.3, -0.25) is 9.78 Å². The van der Waals surface area contributed by atoms with Crippen LogP contribution in [0.2, 0.25) is 0 Å². The number of aliphatic hydroxyl groups excluding tert-OH is 1. The second-order valence-electron chi connectivity index (χ2n) is 7.93. The average molecular weight is 499 g/mol. The van der Waals surface area contributed by atoms with E-state index in [1.807, 2.05) is 0 Å². The molecule has 0 radical (unpaired) electrons. The highest BCUT2D eigenvalue weighted by atomic mass is 19.3. The number of nitrogens with one attached hydrogen (secondary N) is 1. The van der Waals surface area contributed by atoms with Crippen molar-refractivity contribution in [1.29, 1.82) is 0 Å². The quantitative estimate of drug-likeness (QED) is 0.323. The predicted molar refractivity (Wildman–Crippen MR) is 122 cm³/mol. The maximum Gasteiger partial charge on any atom is 0.419 e. The van der Waals surface area contributed by atoms with E-state index in [2.05, 4.69) is 20.3 Å². The van der Waals surface area contributed by atoms with Gasteiger partial charge < -0.3 is 16.2 Å². The maximum absolute atomic E-state index is 14.6. The third kappa shape index (κ3) is 4.90. The summed E-state index contributed by atoms with van der Waals surface area (Å²) < 4.78 is 43.1. The van der Waals surface area contributed by atoms with Crippen LogP contribution in [0.5, 0.6) is 0 Å². The molecule has 0 fully saturated rings. The second-order valence-corrected chi connectivity index (χ2v) is 7.93. The summed E-state index contributed by atoms with van der Waals surface area (Å²) in [7, 11) is 0. The first-order chi connectivity index (χ1) is 17.2. The van der Waals surface area contributed by atoms with Gasteiger partial charge in [0.25, 0.3) is 5.91 Å². The van der Waals surface area contributed by atoms with E-state index in [0.717, 1.165) is 6.20 Å². The first kappa shape index (κ1) is 24.8. The molecule has 0 spiro atoms. The van der Waals surface area contributed by atoms with Crippen LogP contribution < -0.4 is 11.1 Å². The van der Waals surface area contributed by atoms with Gasteiger partial charge in [-0.05, 0) is 29.8 Å². The van der Waals surface area contributed by atoms with Crippen LogP contribution in [0.4, 0.5) is 13.3 Å². The highest BCUT2D eigenvalue weighted by Crippen LogP contribution is 2.31. The molecular formula is C24H20F3N5O4. The van der Waals surface area contributed by atoms with Crippen LogP contribution in [0.1, 0.15) is 27.6 Å². The Morgan fingerprint density at radius 1 is 1.14 bits per heavy atom. The minimum atomic E-state index is -4.39. The molecule has 2 heterocycles. The smallest absolute Gasteiger partial charge is 0.386 e. The molecule has 0 saturated carbocycles. The number of carbonyl (C=O) groups excluding carboxylic acids is 2. The van der Waals surface area contributed by atoms with Crippen LogP contribution in [0, 0.1) is 0 Å². The number of primary amides is 1.